The van der Waals surface area contributed by atoms with Crippen molar-refractivity contribution in [2.75, 3.05) is 30.1 Å². The van der Waals surface area contributed by atoms with Gasteiger partial charge >= 0.3 is 12.3 Å². The van der Waals surface area contributed by atoms with Crippen molar-refractivity contribution in [3.8, 4) is 16.9 Å². The third-order valence-electron chi connectivity index (χ3n) is 7.84. The van der Waals surface area contributed by atoms with Gasteiger partial charge in [0.05, 0.1) is 7.11 Å². The number of hydrogen-bond acceptors (Lipinski definition) is 9. The van der Waals surface area contributed by atoms with Crippen LogP contribution in [0, 0.1) is 6.92 Å². The molecule has 0 fully saturated rings. The van der Waals surface area contributed by atoms with Gasteiger partial charge in [0.1, 0.15) is 24.9 Å². The molecule has 0 bridgehead atoms. The van der Waals surface area contributed by atoms with E-state index in [2.05, 4.69) is 125 Å². The van der Waals surface area contributed by atoms with Gasteiger partial charge < -0.3 is 28.7 Å². The molecule has 6 rings (SSSR count). The van der Waals surface area contributed by atoms with Gasteiger partial charge in [-0.1, -0.05) is 78.9 Å². The van der Waals surface area contributed by atoms with E-state index >= 15 is 0 Å². The molecule has 0 aliphatic heterocycles. The number of para-hydroxylation sites is 2. The minimum atomic E-state index is -0.914. The summed E-state index contributed by atoms with van der Waals surface area (Å²) < 4.78 is 19.6. The zero-order chi connectivity index (χ0) is 37.4. The molecule has 0 atom stereocenters. The van der Waals surface area contributed by atoms with Gasteiger partial charge in [0.15, 0.2) is 0 Å². The monoisotopic (exact) mass is 706 g/mol. The highest BCUT2D eigenvalue weighted by Gasteiger charge is 2.16. The van der Waals surface area contributed by atoms with Crippen LogP contribution in [0.2, 0.25) is 0 Å². The average Bonchev–Trinajstić information content (AvgIpc) is 3.19. The molecule has 0 saturated carbocycles. The van der Waals surface area contributed by atoms with Gasteiger partial charge in [-0.25, -0.2) is 14.4 Å². The smallest absolute Gasteiger partial charge is 0.438 e. The molecule has 0 spiro atoms. The third kappa shape index (κ3) is 10.2. The molecule has 9 nitrogen and oxygen atoms in total. The van der Waals surface area contributed by atoms with Gasteiger partial charge in [-0.15, -0.1) is 0 Å². The minimum Gasteiger partial charge on any atom is -0.438 e. The summed E-state index contributed by atoms with van der Waals surface area (Å²) in [7, 11) is 1.20. The van der Waals surface area contributed by atoms with Crippen LogP contribution in [0.25, 0.3) is 11.1 Å². The second kappa shape index (κ2) is 18.8. The number of rotatable bonds is 11. The van der Waals surface area contributed by atoms with E-state index < -0.39 is 12.3 Å². The van der Waals surface area contributed by atoms with Crippen molar-refractivity contribution in [3.05, 3.63) is 170 Å². The van der Waals surface area contributed by atoms with Crippen molar-refractivity contribution in [1.82, 2.24) is 0 Å². The standard InChI is InChI=1S/C42H36N2O6.C2H2O/c1-31-11-9-16-38(29-31)43(34-12-5-3-6-13-34)36-23-19-32(20-24-36)33-21-25-37(26-22-33)44(35-14-7-4-8-15-35)39-17-10-18-40(30-39)50-42(46)49-28-27-48-41(45)47-2;1-2-3/h3-26,29-30H,27-28H2,1-2H3;1H2. The second-order valence-corrected chi connectivity index (χ2v) is 11.4. The predicted molar refractivity (Wildman–Crippen MR) is 208 cm³/mol. The topological polar surface area (TPSA) is 94.6 Å². The van der Waals surface area contributed by atoms with Crippen LogP contribution in [0.15, 0.2) is 164 Å². The summed E-state index contributed by atoms with van der Waals surface area (Å²) in [5, 5.41) is 0. The Bertz CT molecular complexity index is 2110. The van der Waals surface area contributed by atoms with Crippen molar-refractivity contribution >= 4 is 52.4 Å². The predicted octanol–water partition coefficient (Wildman–Crippen LogP) is 10.9. The summed E-state index contributed by atoms with van der Waals surface area (Å²) in [5.41, 5.74) is 9.26. The van der Waals surface area contributed by atoms with E-state index in [0.29, 0.717) is 5.75 Å². The summed E-state index contributed by atoms with van der Waals surface area (Å²) in [4.78, 5) is 36.3. The van der Waals surface area contributed by atoms with E-state index in [-0.39, 0.29) is 13.2 Å². The number of methoxy groups -OCH3 is 1. The Morgan fingerprint density at radius 2 is 0.962 bits per heavy atom. The number of aryl methyl sites for hydroxylation is 1. The quantitative estimate of drug-likeness (QED) is 0.0564. The Morgan fingerprint density at radius 1 is 0.547 bits per heavy atom. The Labute approximate surface area is 308 Å². The molecule has 0 aliphatic carbocycles. The first kappa shape index (κ1) is 37.2. The molecule has 0 aromatic heterocycles. The van der Waals surface area contributed by atoms with Crippen molar-refractivity contribution in [1.29, 1.82) is 0 Å². The molecular formula is C44H38N2O7. The second-order valence-electron chi connectivity index (χ2n) is 11.4. The van der Waals surface area contributed by atoms with E-state index in [1.807, 2.05) is 42.5 Å². The molecule has 53 heavy (non-hydrogen) atoms. The molecule has 0 N–H and O–H groups in total. The van der Waals surface area contributed by atoms with E-state index in [1.54, 1.807) is 18.2 Å². The summed E-state index contributed by atoms with van der Waals surface area (Å²) in [6.45, 7) is 4.47. The summed E-state index contributed by atoms with van der Waals surface area (Å²) in [6.07, 6.45) is -1.77. The molecule has 0 unspecified atom stereocenters. The number of nitrogens with zero attached hydrogens (tertiary/aromatic N) is 2. The zero-order valence-electron chi connectivity index (χ0n) is 29.4. The van der Waals surface area contributed by atoms with Gasteiger partial charge in [-0.2, -0.15) is 0 Å². The van der Waals surface area contributed by atoms with E-state index in [1.165, 1.54) is 18.6 Å². The highest BCUT2D eigenvalue weighted by molar-refractivity contribution is 5.81. The molecule has 266 valence electrons. The summed E-state index contributed by atoms with van der Waals surface area (Å²) in [6, 6.07) is 52.9. The summed E-state index contributed by atoms with van der Waals surface area (Å²) >= 11 is 0. The Balaban J connectivity index is 0.00000175. The van der Waals surface area contributed by atoms with Crippen LogP contribution in [0.4, 0.5) is 43.7 Å². The molecule has 0 aliphatic rings. The van der Waals surface area contributed by atoms with Crippen LogP contribution < -0.4 is 14.5 Å². The number of carbonyl (C=O) groups is 2. The Kier molecular flexibility index (Phi) is 13.2. The van der Waals surface area contributed by atoms with E-state index in [0.717, 1.165) is 45.3 Å². The lowest BCUT2D eigenvalue weighted by molar-refractivity contribution is 0.0413. The van der Waals surface area contributed by atoms with Crippen LogP contribution >= 0.6 is 0 Å². The molecule has 6 aromatic carbocycles. The van der Waals surface area contributed by atoms with Gasteiger partial charge in [0.2, 0.25) is 0 Å². The maximum atomic E-state index is 12.3. The maximum Gasteiger partial charge on any atom is 0.513 e. The number of anilines is 6. The van der Waals surface area contributed by atoms with Crippen LogP contribution in [-0.2, 0) is 19.0 Å². The molecule has 0 heterocycles. The number of carbonyl (C=O) groups excluding carboxylic acids is 3. The summed E-state index contributed by atoms with van der Waals surface area (Å²) in [5.74, 6) is 1.55. The van der Waals surface area contributed by atoms with Gasteiger partial charge in [0, 0.05) is 40.2 Å². The van der Waals surface area contributed by atoms with Crippen molar-refractivity contribution in [2.24, 2.45) is 0 Å². The average molecular weight is 707 g/mol. The lowest BCUT2D eigenvalue weighted by atomic mass is 10.0. The SMILES string of the molecule is C=C=O.COC(=O)OCCOC(=O)Oc1cccc(N(c2ccccc2)c2ccc(-c3ccc(N(c4ccccc4)c4cccc(C)c4)cc3)cc2)c1. The lowest BCUT2D eigenvalue weighted by Crippen LogP contribution is -2.16. The first-order valence-corrected chi connectivity index (χ1v) is 16.7. The van der Waals surface area contributed by atoms with Crippen LogP contribution in [0.1, 0.15) is 5.56 Å². The first-order valence-electron chi connectivity index (χ1n) is 16.7. The minimum absolute atomic E-state index is 0.150. The van der Waals surface area contributed by atoms with Crippen LogP contribution in [0.3, 0.4) is 0 Å². The molecule has 0 saturated heterocycles. The van der Waals surface area contributed by atoms with Gasteiger partial charge in [0.25, 0.3) is 0 Å². The zero-order valence-corrected chi connectivity index (χ0v) is 29.4. The third-order valence-corrected chi connectivity index (χ3v) is 7.84. The molecule has 6 aromatic rings. The highest BCUT2D eigenvalue weighted by Crippen LogP contribution is 2.38. The Morgan fingerprint density at radius 3 is 1.43 bits per heavy atom. The number of benzene rings is 6. The fraction of sp³-hybridized carbons (Fsp3) is 0.0909. The molecule has 9 heteroatoms. The van der Waals surface area contributed by atoms with Crippen molar-refractivity contribution in [3.63, 3.8) is 0 Å². The maximum absolute atomic E-state index is 12.3. The van der Waals surface area contributed by atoms with Crippen LogP contribution in [0.5, 0.6) is 5.75 Å². The molecule has 0 radical (unpaired) electrons. The van der Waals surface area contributed by atoms with E-state index in [4.69, 9.17) is 19.0 Å². The van der Waals surface area contributed by atoms with E-state index in [9.17, 15) is 9.59 Å². The van der Waals surface area contributed by atoms with Gasteiger partial charge in [-0.3, -0.25) is 0 Å². The number of ether oxygens (including phenoxy) is 4. The van der Waals surface area contributed by atoms with Crippen molar-refractivity contribution < 1.29 is 33.3 Å². The lowest BCUT2D eigenvalue weighted by Gasteiger charge is -2.26. The number of hydrogen-bond donors (Lipinski definition) is 0. The van der Waals surface area contributed by atoms with Crippen LogP contribution in [-0.4, -0.2) is 38.6 Å². The van der Waals surface area contributed by atoms with Gasteiger partial charge in [-0.05, 0) is 103 Å². The van der Waals surface area contributed by atoms with Crippen molar-refractivity contribution in [2.45, 2.75) is 6.92 Å². The largest absolute Gasteiger partial charge is 0.513 e. The normalized spacial score (nSPS) is 10.1. The fourth-order valence-corrected chi connectivity index (χ4v) is 5.54. The Hall–Kier alpha value is -7.09. The first-order chi connectivity index (χ1) is 25.9. The fourth-order valence-electron chi connectivity index (χ4n) is 5.54. The molecule has 0 amide bonds. The molecular weight excluding hydrogens is 668 g/mol. The highest BCUT2D eigenvalue weighted by atomic mass is 16.7.